The Balaban J connectivity index is 1.78. The van der Waals surface area contributed by atoms with Gasteiger partial charge in [-0.25, -0.2) is 9.59 Å². The maximum absolute atomic E-state index is 14.0. The van der Waals surface area contributed by atoms with Crippen LogP contribution in [0.3, 0.4) is 0 Å². The van der Waals surface area contributed by atoms with Crippen molar-refractivity contribution in [1.29, 1.82) is 0 Å². The van der Waals surface area contributed by atoms with E-state index in [9.17, 15) is 24.3 Å². The van der Waals surface area contributed by atoms with Gasteiger partial charge >= 0.3 is 12.1 Å². The predicted molar refractivity (Wildman–Crippen MR) is 189 cm³/mol. The molecule has 0 radical (unpaired) electrons. The summed E-state index contributed by atoms with van der Waals surface area (Å²) >= 11 is 10.8. The summed E-state index contributed by atoms with van der Waals surface area (Å²) in [6, 6.07) is 2.60. The Morgan fingerprint density at radius 3 is 2.62 bits per heavy atom. The minimum atomic E-state index is -1.82. The number of rotatable bonds is 7. The van der Waals surface area contributed by atoms with E-state index in [1.807, 2.05) is 13.0 Å². The highest BCUT2D eigenvalue weighted by atomic mass is 35.5. The normalized spacial score (nSPS) is 32.3. The van der Waals surface area contributed by atoms with Crippen LogP contribution in [0, 0.1) is 5.92 Å². The van der Waals surface area contributed by atoms with Crippen molar-refractivity contribution in [2.45, 2.75) is 95.2 Å². The van der Waals surface area contributed by atoms with Crippen LogP contribution in [0.1, 0.15) is 52.5 Å². The zero-order chi connectivity index (χ0) is 37.1. The fraction of sp³-hybridized carbons (Fsp3) is 0.600. The quantitative estimate of drug-likeness (QED) is 0.214. The van der Waals surface area contributed by atoms with E-state index in [2.05, 4.69) is 17.9 Å². The van der Waals surface area contributed by atoms with E-state index in [4.69, 9.17) is 35.3 Å². The number of halogens is 1. The number of nitrogens with one attached hydrogen (secondary N) is 1. The molecule has 4 bridgehead atoms. The maximum atomic E-state index is 14.0. The summed E-state index contributed by atoms with van der Waals surface area (Å²) in [6.45, 7) is 6.96. The Morgan fingerprint density at radius 2 is 1.98 bits per heavy atom. The Labute approximate surface area is 303 Å². The molecule has 0 saturated carbocycles. The van der Waals surface area contributed by atoms with Crippen molar-refractivity contribution in [2.75, 3.05) is 39.0 Å². The number of epoxide rings is 1. The highest BCUT2D eigenvalue weighted by Crippen LogP contribution is 2.49. The molecule has 3 amide bonds. The number of esters is 1. The molecule has 3 aliphatic rings. The van der Waals surface area contributed by atoms with Crippen molar-refractivity contribution in [3.8, 4) is 5.75 Å². The largest absolute Gasteiger partial charge is 0.495 e. The summed E-state index contributed by atoms with van der Waals surface area (Å²) in [4.78, 5) is 55.6. The summed E-state index contributed by atoms with van der Waals surface area (Å²) in [6.07, 6.45) is 1.08. The molecule has 1 aromatic carbocycles. The molecule has 0 aliphatic carbocycles. The summed E-state index contributed by atoms with van der Waals surface area (Å²) in [5.41, 5.74) is -0.903. The highest BCUT2D eigenvalue weighted by molar-refractivity contribution is 7.80. The van der Waals surface area contributed by atoms with Crippen LogP contribution in [-0.4, -0.2) is 110 Å². The number of fused-ring (bicyclic) bond motifs is 5. The van der Waals surface area contributed by atoms with Gasteiger partial charge in [0.1, 0.15) is 40.7 Å². The van der Waals surface area contributed by atoms with Crippen molar-refractivity contribution in [1.82, 2.24) is 10.2 Å². The molecule has 13 nitrogen and oxygen atoms in total. The van der Waals surface area contributed by atoms with Crippen molar-refractivity contribution in [3.63, 3.8) is 0 Å². The van der Waals surface area contributed by atoms with Gasteiger partial charge in [-0.15, -0.1) is 0 Å². The second-order valence-corrected chi connectivity index (χ2v) is 14.2. The first-order valence-corrected chi connectivity index (χ1v) is 17.5. The van der Waals surface area contributed by atoms with E-state index in [-0.39, 0.29) is 30.2 Å². The van der Waals surface area contributed by atoms with Gasteiger partial charge < -0.3 is 38.6 Å². The molecule has 0 unspecified atom stereocenters. The fourth-order valence-corrected chi connectivity index (χ4v) is 6.99. The molecule has 2 fully saturated rings. The molecule has 0 aromatic heterocycles. The molecule has 3 aliphatic heterocycles. The lowest BCUT2D eigenvalue weighted by atomic mass is 9.83. The third-order valence-electron chi connectivity index (χ3n) is 9.85. The van der Waals surface area contributed by atoms with Crippen LogP contribution in [-0.2, 0) is 39.8 Å². The second kappa shape index (κ2) is 15.9. The van der Waals surface area contributed by atoms with E-state index in [0.29, 0.717) is 23.6 Å². The van der Waals surface area contributed by atoms with Crippen LogP contribution < -0.4 is 15.0 Å². The zero-order valence-corrected chi connectivity index (χ0v) is 31.4. The number of likely N-dealkylation sites (N-methyl/N-ethyl adjacent to an activating group) is 1. The number of alkyl carbamates (subject to hydrolysis) is 1. The van der Waals surface area contributed by atoms with Crippen LogP contribution in [0.4, 0.5) is 10.5 Å². The number of ether oxygens (including phenoxy) is 5. The number of hydrogen-bond donors (Lipinski definition) is 3. The summed E-state index contributed by atoms with van der Waals surface area (Å²) in [5, 5.41) is 14.4. The van der Waals surface area contributed by atoms with Gasteiger partial charge in [0.15, 0.2) is 5.72 Å². The SMILES string of the molecule is COc1cc2cc(c1Cl)N(C)C(=O)C[C@H](OC(=O)[C@H](C)N(C)C(=O)CCS)[C@]1(C)O[C@@H]1[C@@H](C)[C@H]1C[C@@](O)(NC(=O)O1)[C@@H](OC)/C=C/C=C(/C)C2. The Hall–Kier alpha value is -3.30. The molecule has 2 saturated heterocycles. The van der Waals surface area contributed by atoms with E-state index < -0.39 is 65.7 Å². The number of amides is 3. The third-order valence-corrected chi connectivity index (χ3v) is 10.5. The molecular weight excluding hydrogens is 690 g/mol. The number of benzene rings is 1. The fourth-order valence-electron chi connectivity index (χ4n) is 6.49. The molecule has 1 aromatic rings. The van der Waals surface area contributed by atoms with Gasteiger partial charge in [-0.05, 0) is 50.6 Å². The molecular formula is C35H48ClN3O10S. The molecule has 50 heavy (non-hydrogen) atoms. The van der Waals surface area contributed by atoms with Crippen LogP contribution in [0.15, 0.2) is 35.9 Å². The standard InChI is InChI=1S/C35H48ClN3O10S/c1-19-10-9-11-26(46-8)35(44)18-25(47-33(43)37-35)20(2)31-34(4,49-31)27(48-32(42)21(3)38(5)28(40)12-13-50)17-29(41)39(6)23-15-22(14-19)16-24(45-7)30(23)36/h9-11,15-16,20-21,25-27,31,44,50H,12-14,17-18H2,1-8H3,(H,37,43)/b11-9+,19-10-/t20-,21-,25+,26-,27-,31+,34-,35-/m0/s1. The monoisotopic (exact) mass is 737 g/mol. The number of methoxy groups -OCH3 is 2. The van der Waals surface area contributed by atoms with Gasteiger partial charge in [-0.3, -0.25) is 14.9 Å². The van der Waals surface area contributed by atoms with Crippen LogP contribution in [0.25, 0.3) is 0 Å². The molecule has 0 spiro atoms. The first kappa shape index (κ1) is 39.5. The Morgan fingerprint density at radius 1 is 1.28 bits per heavy atom. The molecule has 2 N–H and O–H groups in total. The highest BCUT2D eigenvalue weighted by Gasteiger charge is 2.64. The van der Waals surface area contributed by atoms with E-state index in [0.717, 1.165) is 11.1 Å². The number of aliphatic hydroxyl groups is 1. The topological polar surface area (TPSA) is 156 Å². The molecule has 15 heteroatoms. The maximum Gasteiger partial charge on any atom is 0.409 e. The molecule has 4 rings (SSSR count). The van der Waals surface area contributed by atoms with Crippen molar-refractivity contribution in [2.24, 2.45) is 5.92 Å². The molecule has 276 valence electrons. The van der Waals surface area contributed by atoms with Crippen molar-refractivity contribution >= 4 is 53.8 Å². The number of allylic oxidation sites excluding steroid dienone is 3. The predicted octanol–water partition coefficient (Wildman–Crippen LogP) is 3.83. The van der Waals surface area contributed by atoms with Gasteiger partial charge in [0.05, 0.1) is 25.3 Å². The van der Waals surface area contributed by atoms with E-state index in [1.54, 1.807) is 45.2 Å². The smallest absolute Gasteiger partial charge is 0.409 e. The first-order chi connectivity index (χ1) is 23.5. The van der Waals surface area contributed by atoms with Gasteiger partial charge in [-0.2, -0.15) is 12.6 Å². The third kappa shape index (κ3) is 8.42. The summed E-state index contributed by atoms with van der Waals surface area (Å²) in [7, 11) is 5.98. The summed E-state index contributed by atoms with van der Waals surface area (Å²) < 4.78 is 29.0. The summed E-state index contributed by atoms with van der Waals surface area (Å²) in [5.74, 6) is -1.30. The Bertz CT molecular complexity index is 1540. The minimum Gasteiger partial charge on any atom is -0.495 e. The Kier molecular flexibility index (Phi) is 12.6. The first-order valence-electron chi connectivity index (χ1n) is 16.4. The van der Waals surface area contributed by atoms with Crippen molar-refractivity contribution in [3.05, 3.63) is 46.5 Å². The van der Waals surface area contributed by atoms with Gasteiger partial charge in [0.25, 0.3) is 0 Å². The van der Waals surface area contributed by atoms with Crippen LogP contribution in [0.5, 0.6) is 5.75 Å². The average Bonchev–Trinajstić information content (AvgIpc) is 3.76. The number of nitrogens with zero attached hydrogens (tertiary/aromatic N) is 2. The minimum absolute atomic E-state index is 0.0489. The van der Waals surface area contributed by atoms with E-state index in [1.165, 1.54) is 38.0 Å². The number of carbonyl (C=O) groups is 4. The van der Waals surface area contributed by atoms with Crippen molar-refractivity contribution < 1.29 is 48.0 Å². The van der Waals surface area contributed by atoms with Crippen LogP contribution in [0.2, 0.25) is 5.02 Å². The lowest BCUT2D eigenvalue weighted by Gasteiger charge is -2.42. The lowest BCUT2D eigenvalue weighted by Crippen LogP contribution is -2.63. The number of carbonyl (C=O) groups excluding carboxylic acids is 4. The van der Waals surface area contributed by atoms with Gasteiger partial charge in [-0.1, -0.05) is 42.3 Å². The number of anilines is 1. The zero-order valence-electron chi connectivity index (χ0n) is 29.7. The second-order valence-electron chi connectivity index (χ2n) is 13.4. The number of hydrogen-bond acceptors (Lipinski definition) is 11. The number of thiol groups is 1. The lowest BCUT2D eigenvalue weighted by molar-refractivity contribution is -0.161. The van der Waals surface area contributed by atoms with Crippen LogP contribution >= 0.6 is 24.2 Å². The van der Waals surface area contributed by atoms with Gasteiger partial charge in [0.2, 0.25) is 11.8 Å². The molecule has 8 atom stereocenters. The van der Waals surface area contributed by atoms with E-state index >= 15 is 0 Å². The average molecular weight is 738 g/mol. The molecule has 3 heterocycles. The van der Waals surface area contributed by atoms with Gasteiger partial charge in [0, 0.05) is 40.0 Å².